The van der Waals surface area contributed by atoms with Gasteiger partial charge < -0.3 is 39.7 Å². The third kappa shape index (κ3) is 9.56. The lowest BCUT2D eigenvalue weighted by Crippen LogP contribution is -2.52. The van der Waals surface area contributed by atoms with Gasteiger partial charge in [-0.3, -0.25) is 28.3 Å². The van der Waals surface area contributed by atoms with Gasteiger partial charge in [0.25, 0.3) is 11.1 Å². The summed E-state index contributed by atoms with van der Waals surface area (Å²) in [6, 6.07) is 24.2. The molecule has 24 heteroatoms. The van der Waals surface area contributed by atoms with E-state index in [1.807, 2.05) is 34.1 Å². The van der Waals surface area contributed by atoms with Crippen molar-refractivity contribution in [3.05, 3.63) is 142 Å². The predicted molar refractivity (Wildman–Crippen MR) is 273 cm³/mol. The van der Waals surface area contributed by atoms with Crippen molar-refractivity contribution in [2.75, 3.05) is 62.2 Å². The second-order valence-corrected chi connectivity index (χ2v) is 18.7. The molecule has 0 spiro atoms. The second-order valence-electron chi connectivity index (χ2n) is 18.7. The van der Waals surface area contributed by atoms with Crippen molar-refractivity contribution in [2.24, 2.45) is 14.1 Å². The molecule has 8 aromatic rings. The summed E-state index contributed by atoms with van der Waals surface area (Å²) in [6.45, 7) is -0.448. The number of carbonyl (C=O) groups excluding carboxylic acids is 2. The fraction of sp³-hybridized carbons (Fsp3) is 0.308. The van der Waals surface area contributed by atoms with Crippen LogP contribution in [0.4, 0.5) is 39.0 Å². The molecule has 392 valence electrons. The molecular weight excluding hydrogens is 993 g/mol. The molecule has 0 aliphatic carbocycles. The van der Waals surface area contributed by atoms with Crippen LogP contribution >= 0.6 is 0 Å². The van der Waals surface area contributed by atoms with Crippen LogP contribution in [-0.2, 0) is 27.2 Å². The van der Waals surface area contributed by atoms with Crippen molar-refractivity contribution < 1.29 is 36.6 Å². The number of piperazine rings is 2. The highest BCUT2D eigenvalue weighted by Crippen LogP contribution is 2.30. The van der Waals surface area contributed by atoms with E-state index in [1.54, 1.807) is 96.8 Å². The molecule has 0 saturated carbocycles. The molecule has 8 heterocycles. The molecule has 4 aliphatic heterocycles. The summed E-state index contributed by atoms with van der Waals surface area (Å²) in [5.74, 6) is 1.33. The standard InChI is InChI=1S/2C26H25F2N7O3/c2*1-32-23(36)20-7-6-16(10-21(20)35(32)14-17-4-2-3-5-22(17)38-24(27)28)18-11-29-25(30-12-18)33-8-9-34-19(15-33)13-31-26(34)37/h2*2-7,10-12,19,24H,8-9,13-15H2,1H3,(H,31,37)/t19-;/m1./s1. The number of hydrogen-bond donors (Lipinski definition) is 2. The van der Waals surface area contributed by atoms with Gasteiger partial charge in [-0.05, 0) is 47.5 Å². The number of amides is 4. The molecule has 4 saturated heterocycles. The minimum absolute atomic E-state index is 0.0225. The van der Waals surface area contributed by atoms with Gasteiger partial charge in [-0.25, -0.2) is 29.5 Å². The summed E-state index contributed by atoms with van der Waals surface area (Å²) < 4.78 is 67.4. The Bertz CT molecular complexity index is 3370. The number of rotatable bonds is 12. The summed E-state index contributed by atoms with van der Waals surface area (Å²) >= 11 is 0. The van der Waals surface area contributed by atoms with Gasteiger partial charge in [0.15, 0.2) is 0 Å². The van der Waals surface area contributed by atoms with Gasteiger partial charge in [-0.15, -0.1) is 0 Å². The minimum Gasteiger partial charge on any atom is -0.434 e. The van der Waals surface area contributed by atoms with E-state index < -0.39 is 13.2 Å². The number of carbonyl (C=O) groups is 2. The van der Waals surface area contributed by atoms with E-state index in [9.17, 15) is 36.7 Å². The zero-order valence-corrected chi connectivity index (χ0v) is 41.1. The van der Waals surface area contributed by atoms with Crippen LogP contribution in [0, 0.1) is 0 Å². The molecule has 76 heavy (non-hydrogen) atoms. The number of urea groups is 2. The molecule has 4 aliphatic rings. The number of benzene rings is 4. The number of para-hydroxylation sites is 2. The Morgan fingerprint density at radius 2 is 0.934 bits per heavy atom. The van der Waals surface area contributed by atoms with E-state index in [2.05, 4.69) is 49.8 Å². The highest BCUT2D eigenvalue weighted by molar-refractivity contribution is 5.86. The Hall–Kier alpha value is -8.96. The summed E-state index contributed by atoms with van der Waals surface area (Å²) in [4.78, 5) is 75.6. The number of hydrogen-bond acceptors (Lipinski definition) is 12. The Kier molecular flexibility index (Phi) is 13.2. The Balaban J connectivity index is 0.000000162. The Morgan fingerprint density at radius 1 is 0.539 bits per heavy atom. The second kappa shape index (κ2) is 20.4. The van der Waals surface area contributed by atoms with E-state index in [0.29, 0.717) is 97.2 Å². The fourth-order valence-electron chi connectivity index (χ4n) is 10.3. The number of alkyl halides is 4. The number of aromatic nitrogens is 8. The molecule has 0 bridgehead atoms. The van der Waals surface area contributed by atoms with Gasteiger partial charge in [0.2, 0.25) is 11.9 Å². The zero-order chi connectivity index (χ0) is 52.8. The molecule has 2 atom stereocenters. The molecule has 20 nitrogen and oxygen atoms in total. The van der Waals surface area contributed by atoms with Crippen LogP contribution in [0.3, 0.4) is 0 Å². The molecule has 4 aromatic carbocycles. The summed E-state index contributed by atoms with van der Waals surface area (Å²) in [5.41, 5.74) is 5.16. The molecule has 12 rings (SSSR count). The molecule has 2 N–H and O–H groups in total. The van der Waals surface area contributed by atoms with Gasteiger partial charge in [0.05, 0.1) is 47.0 Å². The topological polar surface area (TPSA) is 195 Å². The van der Waals surface area contributed by atoms with Gasteiger partial charge in [-0.2, -0.15) is 17.6 Å². The first-order valence-electron chi connectivity index (χ1n) is 24.5. The fourth-order valence-corrected chi connectivity index (χ4v) is 10.3. The lowest BCUT2D eigenvalue weighted by molar-refractivity contribution is -0.0511. The molecule has 0 radical (unpaired) electrons. The Morgan fingerprint density at radius 3 is 1.33 bits per heavy atom. The van der Waals surface area contributed by atoms with Crippen LogP contribution in [0.5, 0.6) is 11.5 Å². The summed E-state index contributed by atoms with van der Waals surface area (Å²) in [5, 5.41) is 6.76. The first-order valence-corrected chi connectivity index (χ1v) is 24.5. The van der Waals surface area contributed by atoms with Gasteiger partial charge in [0.1, 0.15) is 11.5 Å². The molecule has 4 amide bonds. The third-order valence-corrected chi connectivity index (χ3v) is 14.3. The van der Waals surface area contributed by atoms with E-state index in [-0.39, 0.29) is 59.9 Å². The average molecular weight is 1040 g/mol. The summed E-state index contributed by atoms with van der Waals surface area (Å²) in [7, 11) is 3.29. The number of ether oxygens (including phenoxy) is 2. The number of nitrogens with one attached hydrogen (secondary N) is 2. The SMILES string of the molecule is Cn1c(=O)c2ccc(-c3cnc(N4CCN5C(=O)NCC5C4)nc3)cc2n1Cc1ccccc1OC(F)F.Cn1c(=O)c2ccc(-c3cnc(N4CCN5C(=O)NC[C@@H]5C4)nc3)cc2n1Cc1ccccc1OC(F)F. The highest BCUT2D eigenvalue weighted by Gasteiger charge is 2.37. The van der Waals surface area contributed by atoms with Gasteiger partial charge in [0, 0.05) is 113 Å². The lowest BCUT2D eigenvalue weighted by Gasteiger charge is -2.36. The normalized spacial score (nSPS) is 17.3. The molecule has 4 fully saturated rings. The van der Waals surface area contributed by atoms with E-state index >= 15 is 0 Å². The molecular formula is C52H50F4N14O6. The average Bonchev–Trinajstić information content (AvgIpc) is 4.13. The quantitative estimate of drug-likeness (QED) is 0.150. The molecule has 4 aromatic heterocycles. The van der Waals surface area contributed by atoms with Crippen LogP contribution in [-0.4, -0.2) is 138 Å². The predicted octanol–water partition coefficient (Wildman–Crippen LogP) is 5.32. The maximum absolute atomic E-state index is 12.9. The number of halogens is 4. The van der Waals surface area contributed by atoms with Crippen molar-refractivity contribution in [1.29, 1.82) is 0 Å². The van der Waals surface area contributed by atoms with Crippen LogP contribution in [0.25, 0.3) is 44.1 Å². The number of fused-ring (bicyclic) bond motifs is 4. The first-order chi connectivity index (χ1) is 36.8. The lowest BCUT2D eigenvalue weighted by atomic mass is 10.1. The number of anilines is 2. The van der Waals surface area contributed by atoms with Crippen molar-refractivity contribution in [3.8, 4) is 33.8 Å². The van der Waals surface area contributed by atoms with Crippen molar-refractivity contribution in [3.63, 3.8) is 0 Å². The van der Waals surface area contributed by atoms with Crippen molar-refractivity contribution in [2.45, 2.75) is 38.4 Å². The zero-order valence-electron chi connectivity index (χ0n) is 41.1. The first kappa shape index (κ1) is 49.3. The van der Waals surface area contributed by atoms with Gasteiger partial charge in [-0.1, -0.05) is 48.5 Å². The van der Waals surface area contributed by atoms with Crippen LogP contribution in [0.1, 0.15) is 11.1 Å². The minimum atomic E-state index is -2.95. The van der Waals surface area contributed by atoms with E-state index in [1.165, 1.54) is 21.5 Å². The number of nitrogens with zero attached hydrogens (tertiary/aromatic N) is 12. The van der Waals surface area contributed by atoms with Crippen molar-refractivity contribution >= 4 is 45.8 Å². The Labute approximate surface area is 430 Å². The smallest absolute Gasteiger partial charge is 0.387 e. The maximum Gasteiger partial charge on any atom is 0.387 e. The van der Waals surface area contributed by atoms with Crippen LogP contribution in [0.2, 0.25) is 0 Å². The third-order valence-electron chi connectivity index (χ3n) is 14.3. The van der Waals surface area contributed by atoms with Crippen LogP contribution in [0.15, 0.2) is 119 Å². The molecule has 1 unspecified atom stereocenters. The van der Waals surface area contributed by atoms with Crippen molar-refractivity contribution in [1.82, 2.24) is 59.1 Å². The highest BCUT2D eigenvalue weighted by atomic mass is 19.3. The van der Waals surface area contributed by atoms with Gasteiger partial charge >= 0.3 is 25.3 Å². The largest absolute Gasteiger partial charge is 0.434 e. The summed E-state index contributed by atoms with van der Waals surface area (Å²) in [6.07, 6.45) is 6.96. The van der Waals surface area contributed by atoms with E-state index in [0.717, 1.165) is 22.3 Å². The van der Waals surface area contributed by atoms with E-state index in [4.69, 9.17) is 0 Å². The monoisotopic (exact) mass is 1040 g/mol. The maximum atomic E-state index is 12.9. The van der Waals surface area contributed by atoms with Crippen LogP contribution < -0.4 is 41.0 Å².